The van der Waals surface area contributed by atoms with Gasteiger partial charge in [0.25, 0.3) is 0 Å². The summed E-state index contributed by atoms with van der Waals surface area (Å²) in [5.74, 6) is 3.03. The van der Waals surface area contributed by atoms with E-state index in [9.17, 15) is 4.79 Å². The Morgan fingerprint density at radius 1 is 1.11 bits per heavy atom. The minimum Gasteiger partial charge on any atom is -0.474 e. The van der Waals surface area contributed by atoms with Crippen molar-refractivity contribution in [3.63, 3.8) is 0 Å². The van der Waals surface area contributed by atoms with E-state index in [0.29, 0.717) is 29.8 Å². The molecule has 8 nitrogen and oxygen atoms in total. The van der Waals surface area contributed by atoms with E-state index in [1.807, 2.05) is 51.1 Å². The molecule has 1 saturated carbocycles. The minimum atomic E-state index is -0.537. The first-order valence-electron chi connectivity index (χ1n) is 13.0. The topological polar surface area (TPSA) is 91.2 Å². The number of aromatic nitrogens is 4. The Hall–Kier alpha value is -3.13. The van der Waals surface area contributed by atoms with Crippen molar-refractivity contribution in [3.8, 4) is 11.6 Å². The molecule has 196 valence electrons. The molecule has 0 bridgehead atoms. The Kier molecular flexibility index (Phi) is 7.38. The summed E-state index contributed by atoms with van der Waals surface area (Å²) in [4.78, 5) is 16.6. The molecule has 1 N–H and O–H groups in total. The lowest BCUT2D eigenvalue weighted by Crippen LogP contribution is -2.36. The summed E-state index contributed by atoms with van der Waals surface area (Å²) in [7, 11) is 0. The molecule has 5 rings (SSSR count). The molecule has 0 spiro atoms. The Bertz CT molecular complexity index is 1230. The Morgan fingerprint density at radius 3 is 2.65 bits per heavy atom. The number of carbonyl (C=O) groups is 1. The fraction of sp³-hybridized carbons (Fsp3) is 0.500. The van der Waals surface area contributed by atoms with Crippen molar-refractivity contribution in [2.45, 2.75) is 76.9 Å². The molecule has 3 heterocycles. The smallest absolute Gasteiger partial charge is 0.407 e. The van der Waals surface area contributed by atoms with Crippen molar-refractivity contribution in [2.75, 3.05) is 6.54 Å². The molecule has 1 unspecified atom stereocenters. The fourth-order valence-electron chi connectivity index (χ4n) is 5.28. The highest BCUT2D eigenvalue weighted by Crippen LogP contribution is 2.37. The second kappa shape index (κ2) is 10.7. The maximum absolute atomic E-state index is 12.3. The molecule has 1 aromatic carbocycles. The van der Waals surface area contributed by atoms with E-state index in [0.717, 1.165) is 55.0 Å². The van der Waals surface area contributed by atoms with E-state index in [1.165, 1.54) is 0 Å². The van der Waals surface area contributed by atoms with Gasteiger partial charge in [-0.3, -0.25) is 4.57 Å². The quantitative estimate of drug-likeness (QED) is 0.464. The van der Waals surface area contributed by atoms with Gasteiger partial charge >= 0.3 is 6.09 Å². The molecule has 0 saturated heterocycles. The summed E-state index contributed by atoms with van der Waals surface area (Å²) in [6.45, 7) is 6.06. The summed E-state index contributed by atoms with van der Waals surface area (Å²) in [6.07, 6.45) is 6.82. The van der Waals surface area contributed by atoms with Crippen LogP contribution in [0.5, 0.6) is 5.88 Å². The van der Waals surface area contributed by atoms with Gasteiger partial charge in [0.05, 0.1) is 5.69 Å². The van der Waals surface area contributed by atoms with Crippen LogP contribution in [0.15, 0.2) is 42.6 Å². The molecule has 1 aliphatic carbocycles. The summed E-state index contributed by atoms with van der Waals surface area (Å²) in [6, 6.07) is 11.7. The zero-order valence-corrected chi connectivity index (χ0v) is 22.4. The molecule has 2 aliphatic rings. The molecule has 1 amide bonds. The van der Waals surface area contributed by atoms with Crippen LogP contribution < -0.4 is 10.1 Å². The average Bonchev–Trinajstić information content (AvgIpc) is 3.19. The van der Waals surface area contributed by atoms with Crippen LogP contribution in [0, 0.1) is 5.92 Å². The molecular weight excluding hydrogens is 490 g/mol. The van der Waals surface area contributed by atoms with Crippen LogP contribution in [-0.2, 0) is 17.6 Å². The number of nitrogens with zero attached hydrogens (tertiary/aromatic N) is 4. The van der Waals surface area contributed by atoms with Crippen molar-refractivity contribution in [3.05, 3.63) is 64.8 Å². The Morgan fingerprint density at radius 2 is 1.92 bits per heavy atom. The molecular formula is C28H34ClN5O3. The van der Waals surface area contributed by atoms with Gasteiger partial charge in [-0.1, -0.05) is 17.7 Å². The molecule has 3 aromatic rings. The van der Waals surface area contributed by atoms with Gasteiger partial charge in [0, 0.05) is 36.2 Å². The molecule has 1 atom stereocenters. The molecule has 1 aliphatic heterocycles. The third-order valence-electron chi connectivity index (χ3n) is 6.92. The van der Waals surface area contributed by atoms with Gasteiger partial charge in [-0.2, -0.15) is 0 Å². The van der Waals surface area contributed by atoms with Crippen molar-refractivity contribution >= 4 is 17.7 Å². The zero-order chi connectivity index (χ0) is 26.0. The van der Waals surface area contributed by atoms with Gasteiger partial charge in [-0.05, 0) is 88.6 Å². The third-order valence-corrected chi connectivity index (χ3v) is 7.15. The van der Waals surface area contributed by atoms with Crippen LogP contribution in [0.4, 0.5) is 4.79 Å². The average molecular weight is 524 g/mol. The van der Waals surface area contributed by atoms with Gasteiger partial charge in [0.15, 0.2) is 0 Å². The largest absolute Gasteiger partial charge is 0.474 e. The van der Waals surface area contributed by atoms with E-state index in [2.05, 4.69) is 31.1 Å². The number of pyridine rings is 1. The summed E-state index contributed by atoms with van der Waals surface area (Å²) >= 11 is 6.40. The van der Waals surface area contributed by atoms with Crippen molar-refractivity contribution < 1.29 is 14.3 Å². The Balaban J connectivity index is 1.33. The number of nitrogens with one attached hydrogen (secondary N) is 1. The summed E-state index contributed by atoms with van der Waals surface area (Å²) in [5.41, 5.74) is 1.67. The lowest BCUT2D eigenvalue weighted by atomic mass is 9.86. The number of carbonyl (C=O) groups excluding carboxylic acids is 1. The SMILES string of the molecule is CC(C)(C)OC(=O)NCC1Cc2cc(Cl)ccc2-n2c(nnc2[C@H]2CC[C@H](Oc3ccccn3)CC2)C1. The molecule has 0 radical (unpaired) electrons. The fourth-order valence-corrected chi connectivity index (χ4v) is 5.47. The molecule has 1 fully saturated rings. The predicted octanol–water partition coefficient (Wildman–Crippen LogP) is 5.66. The second-order valence-corrected chi connectivity index (χ2v) is 11.4. The number of hydrogen-bond donors (Lipinski definition) is 1. The highest BCUT2D eigenvalue weighted by atomic mass is 35.5. The van der Waals surface area contributed by atoms with E-state index in [1.54, 1.807) is 6.20 Å². The first-order valence-corrected chi connectivity index (χ1v) is 13.4. The molecule has 37 heavy (non-hydrogen) atoms. The number of benzene rings is 1. The highest BCUT2D eigenvalue weighted by molar-refractivity contribution is 6.30. The van der Waals surface area contributed by atoms with E-state index in [4.69, 9.17) is 21.1 Å². The standard InChI is InChI=1S/C28H34ClN5O3/c1-28(2,3)37-27(35)31-17-18-14-20-16-21(29)9-12-23(20)34-24(15-18)32-33-26(34)19-7-10-22(11-8-19)36-25-6-4-5-13-30-25/h4-6,9,12-13,16,18-19,22H,7-8,10-11,14-15,17H2,1-3H3,(H,31,35)/t18?,19-,22-. The van der Waals surface area contributed by atoms with Crippen LogP contribution in [0.25, 0.3) is 5.69 Å². The zero-order valence-electron chi connectivity index (χ0n) is 21.6. The van der Waals surface area contributed by atoms with Crippen LogP contribution in [-0.4, -0.2) is 44.1 Å². The van der Waals surface area contributed by atoms with Gasteiger partial charge in [0.1, 0.15) is 23.4 Å². The first kappa shape index (κ1) is 25.5. The number of fused-ring (bicyclic) bond motifs is 3. The monoisotopic (exact) mass is 523 g/mol. The maximum atomic E-state index is 12.3. The normalized spacial score (nSPS) is 21.4. The lowest BCUT2D eigenvalue weighted by molar-refractivity contribution is 0.0519. The Labute approximate surface area is 222 Å². The number of amides is 1. The number of halogens is 1. The van der Waals surface area contributed by atoms with Crippen molar-refractivity contribution in [1.29, 1.82) is 0 Å². The summed E-state index contributed by atoms with van der Waals surface area (Å²) in [5, 5.41) is 13.0. The van der Waals surface area contributed by atoms with Crippen LogP contribution >= 0.6 is 11.6 Å². The highest BCUT2D eigenvalue weighted by Gasteiger charge is 2.32. The van der Waals surface area contributed by atoms with Crippen molar-refractivity contribution in [2.24, 2.45) is 5.92 Å². The first-order chi connectivity index (χ1) is 17.7. The van der Waals surface area contributed by atoms with E-state index < -0.39 is 11.7 Å². The van der Waals surface area contributed by atoms with Crippen LogP contribution in [0.2, 0.25) is 5.02 Å². The number of alkyl carbamates (subject to hydrolysis) is 1. The van der Waals surface area contributed by atoms with Crippen LogP contribution in [0.3, 0.4) is 0 Å². The van der Waals surface area contributed by atoms with Crippen molar-refractivity contribution in [1.82, 2.24) is 25.1 Å². The second-order valence-electron chi connectivity index (χ2n) is 11.0. The van der Waals surface area contributed by atoms with E-state index >= 15 is 0 Å². The number of ether oxygens (including phenoxy) is 2. The molecule has 9 heteroatoms. The lowest BCUT2D eigenvalue weighted by Gasteiger charge is -2.28. The van der Waals surface area contributed by atoms with E-state index in [-0.39, 0.29) is 12.0 Å². The third kappa shape index (κ3) is 6.24. The van der Waals surface area contributed by atoms with Crippen LogP contribution in [0.1, 0.15) is 69.6 Å². The van der Waals surface area contributed by atoms with Gasteiger partial charge in [-0.15, -0.1) is 10.2 Å². The number of rotatable bonds is 5. The molecule has 2 aromatic heterocycles. The van der Waals surface area contributed by atoms with Gasteiger partial charge in [-0.25, -0.2) is 9.78 Å². The predicted molar refractivity (Wildman–Crippen MR) is 141 cm³/mol. The number of hydrogen-bond acceptors (Lipinski definition) is 6. The minimum absolute atomic E-state index is 0.144. The van der Waals surface area contributed by atoms with Gasteiger partial charge in [0.2, 0.25) is 5.88 Å². The summed E-state index contributed by atoms with van der Waals surface area (Å²) < 4.78 is 13.8. The van der Waals surface area contributed by atoms with Gasteiger partial charge < -0.3 is 14.8 Å². The maximum Gasteiger partial charge on any atom is 0.407 e.